The average molecular weight is 270 g/mol. The van der Waals surface area contributed by atoms with Crippen molar-refractivity contribution in [3.8, 4) is 0 Å². The van der Waals surface area contributed by atoms with Crippen LogP contribution in [0.3, 0.4) is 0 Å². The molecule has 0 radical (unpaired) electrons. The molecule has 0 aliphatic carbocycles. The van der Waals surface area contributed by atoms with E-state index in [1.54, 1.807) is 6.07 Å². The Morgan fingerprint density at radius 3 is 2.94 bits per heavy atom. The minimum absolute atomic E-state index is 0.0265. The summed E-state index contributed by atoms with van der Waals surface area (Å²) in [5.74, 6) is -0.361. The van der Waals surface area contributed by atoms with Crippen LogP contribution in [0.4, 0.5) is 5.82 Å². The second kappa shape index (κ2) is 4.93. The van der Waals surface area contributed by atoms with Crippen molar-refractivity contribution < 1.29 is 18.3 Å². The number of rotatable bonds is 4. The number of pyridine rings is 1. The normalized spacial score (nSPS) is 21.7. The lowest BCUT2D eigenvalue weighted by atomic mass is 10.1. The first-order valence-electron chi connectivity index (χ1n) is 5.60. The average Bonchev–Trinajstić information content (AvgIpc) is 2.66. The number of carboxylic acid groups (broad SMARTS) is 1. The zero-order chi connectivity index (χ0) is 13.2. The highest BCUT2D eigenvalue weighted by Gasteiger charge is 2.27. The third-order valence-corrected chi connectivity index (χ3v) is 4.76. The summed E-state index contributed by atoms with van der Waals surface area (Å²) in [6.07, 6.45) is 2.12. The third kappa shape index (κ3) is 2.98. The number of carboxylic acids is 1. The molecule has 6 nitrogen and oxygen atoms in total. The molecule has 1 atom stereocenters. The highest BCUT2D eigenvalue weighted by molar-refractivity contribution is 7.91. The molecular formula is C11H14N2O4S. The van der Waals surface area contributed by atoms with Crippen LogP contribution in [0.1, 0.15) is 16.8 Å². The van der Waals surface area contributed by atoms with Gasteiger partial charge in [0, 0.05) is 12.7 Å². The van der Waals surface area contributed by atoms with Gasteiger partial charge in [0.2, 0.25) is 0 Å². The number of hydrogen-bond acceptors (Lipinski definition) is 5. The van der Waals surface area contributed by atoms with Gasteiger partial charge in [0.25, 0.3) is 0 Å². The predicted molar refractivity (Wildman–Crippen MR) is 66.4 cm³/mol. The molecule has 2 N–H and O–H groups in total. The number of anilines is 1. The number of nitrogens with one attached hydrogen (secondary N) is 1. The van der Waals surface area contributed by atoms with Gasteiger partial charge in [-0.05, 0) is 24.5 Å². The summed E-state index contributed by atoms with van der Waals surface area (Å²) in [7, 11) is -2.90. The van der Waals surface area contributed by atoms with Crippen LogP contribution in [-0.2, 0) is 9.84 Å². The largest absolute Gasteiger partial charge is 0.478 e. The molecule has 1 aromatic rings. The van der Waals surface area contributed by atoms with Crippen LogP contribution < -0.4 is 5.32 Å². The molecule has 1 aromatic heterocycles. The Labute approximate surface area is 105 Å². The summed E-state index contributed by atoms with van der Waals surface area (Å²) in [6, 6.07) is 3.01. The van der Waals surface area contributed by atoms with E-state index in [1.807, 2.05) is 0 Å². The molecule has 0 spiro atoms. The summed E-state index contributed by atoms with van der Waals surface area (Å²) < 4.78 is 22.6. The van der Waals surface area contributed by atoms with Crippen molar-refractivity contribution in [3.05, 3.63) is 23.9 Å². The fraction of sp³-hybridized carbons (Fsp3) is 0.455. The molecule has 98 valence electrons. The Morgan fingerprint density at radius 1 is 1.56 bits per heavy atom. The van der Waals surface area contributed by atoms with E-state index in [2.05, 4.69) is 10.3 Å². The van der Waals surface area contributed by atoms with Crippen LogP contribution in [0.2, 0.25) is 0 Å². The Morgan fingerprint density at radius 2 is 2.33 bits per heavy atom. The van der Waals surface area contributed by atoms with Crippen LogP contribution in [-0.4, -0.2) is 42.5 Å². The lowest BCUT2D eigenvalue weighted by Crippen LogP contribution is -2.18. The lowest BCUT2D eigenvalue weighted by molar-refractivity contribution is 0.0697. The van der Waals surface area contributed by atoms with Gasteiger partial charge in [-0.25, -0.2) is 18.2 Å². The number of sulfone groups is 1. The molecule has 1 aliphatic heterocycles. The van der Waals surface area contributed by atoms with Crippen molar-refractivity contribution in [3.63, 3.8) is 0 Å². The minimum atomic E-state index is -2.90. The monoisotopic (exact) mass is 270 g/mol. The quantitative estimate of drug-likeness (QED) is 0.833. The zero-order valence-electron chi connectivity index (χ0n) is 9.67. The summed E-state index contributed by atoms with van der Waals surface area (Å²) >= 11 is 0. The van der Waals surface area contributed by atoms with E-state index in [0.717, 1.165) is 0 Å². The number of hydrogen-bond donors (Lipinski definition) is 2. The van der Waals surface area contributed by atoms with Crippen LogP contribution in [0.5, 0.6) is 0 Å². The molecule has 7 heteroatoms. The van der Waals surface area contributed by atoms with E-state index in [9.17, 15) is 13.2 Å². The maximum Gasteiger partial charge on any atom is 0.339 e. The van der Waals surface area contributed by atoms with Crippen molar-refractivity contribution in [2.75, 3.05) is 23.4 Å². The number of nitrogens with zero attached hydrogens (tertiary/aromatic N) is 1. The van der Waals surface area contributed by atoms with E-state index in [-0.39, 0.29) is 28.8 Å². The summed E-state index contributed by atoms with van der Waals surface area (Å²) in [5.41, 5.74) is 0.0957. The SMILES string of the molecule is O=C(O)c1cccnc1NCC1CCS(=O)(=O)C1. The van der Waals surface area contributed by atoms with Gasteiger partial charge in [-0.2, -0.15) is 0 Å². The molecule has 1 aliphatic rings. The molecule has 1 unspecified atom stereocenters. The highest BCUT2D eigenvalue weighted by atomic mass is 32.2. The van der Waals surface area contributed by atoms with Crippen molar-refractivity contribution >= 4 is 21.6 Å². The summed E-state index contributed by atoms with van der Waals surface area (Å²) in [6.45, 7) is 0.427. The van der Waals surface area contributed by atoms with Crippen molar-refractivity contribution in [2.45, 2.75) is 6.42 Å². The van der Waals surface area contributed by atoms with Crippen LogP contribution >= 0.6 is 0 Å². The van der Waals surface area contributed by atoms with Crippen molar-refractivity contribution in [2.24, 2.45) is 5.92 Å². The summed E-state index contributed by atoms with van der Waals surface area (Å²) in [5, 5.41) is 11.9. The van der Waals surface area contributed by atoms with Gasteiger partial charge >= 0.3 is 5.97 Å². The first kappa shape index (κ1) is 12.8. The fourth-order valence-corrected chi connectivity index (χ4v) is 3.85. The minimum Gasteiger partial charge on any atom is -0.478 e. The molecule has 2 heterocycles. The molecule has 0 saturated carbocycles. The van der Waals surface area contributed by atoms with Gasteiger partial charge in [0.15, 0.2) is 9.84 Å². The Bertz CT molecular complexity index is 556. The molecule has 1 fully saturated rings. The molecular weight excluding hydrogens is 256 g/mol. The number of aromatic carboxylic acids is 1. The number of aromatic nitrogens is 1. The van der Waals surface area contributed by atoms with E-state index in [1.165, 1.54) is 12.3 Å². The molecule has 0 amide bonds. The molecule has 0 bridgehead atoms. The lowest BCUT2D eigenvalue weighted by Gasteiger charge is -2.11. The van der Waals surface area contributed by atoms with Crippen LogP contribution in [0.25, 0.3) is 0 Å². The van der Waals surface area contributed by atoms with E-state index >= 15 is 0 Å². The van der Waals surface area contributed by atoms with Gasteiger partial charge < -0.3 is 10.4 Å². The van der Waals surface area contributed by atoms with Crippen LogP contribution in [0.15, 0.2) is 18.3 Å². The van der Waals surface area contributed by atoms with Gasteiger partial charge in [0.05, 0.1) is 11.5 Å². The number of carbonyl (C=O) groups is 1. The van der Waals surface area contributed by atoms with E-state index in [0.29, 0.717) is 13.0 Å². The Hall–Kier alpha value is -1.63. The van der Waals surface area contributed by atoms with Crippen molar-refractivity contribution in [1.82, 2.24) is 4.98 Å². The highest BCUT2D eigenvalue weighted by Crippen LogP contribution is 2.19. The third-order valence-electron chi connectivity index (χ3n) is 2.92. The second-order valence-corrected chi connectivity index (χ2v) is 6.58. The maximum atomic E-state index is 11.3. The molecule has 2 rings (SSSR count). The first-order chi connectivity index (χ1) is 8.48. The Balaban J connectivity index is 2.01. The zero-order valence-corrected chi connectivity index (χ0v) is 10.5. The second-order valence-electron chi connectivity index (χ2n) is 4.35. The van der Waals surface area contributed by atoms with E-state index in [4.69, 9.17) is 5.11 Å². The fourth-order valence-electron chi connectivity index (χ4n) is 1.99. The standard InChI is InChI=1S/C11H14N2O4S/c14-11(15)9-2-1-4-12-10(9)13-6-8-3-5-18(16,17)7-8/h1-2,4,8H,3,5-7H2,(H,12,13)(H,14,15). The maximum absolute atomic E-state index is 11.3. The molecule has 0 aromatic carbocycles. The smallest absolute Gasteiger partial charge is 0.339 e. The van der Waals surface area contributed by atoms with Gasteiger partial charge in [-0.15, -0.1) is 0 Å². The first-order valence-corrected chi connectivity index (χ1v) is 7.43. The molecule has 1 saturated heterocycles. The van der Waals surface area contributed by atoms with Gasteiger partial charge in [-0.1, -0.05) is 0 Å². The Kier molecular flexibility index (Phi) is 3.51. The molecule has 18 heavy (non-hydrogen) atoms. The topological polar surface area (TPSA) is 96.4 Å². The van der Waals surface area contributed by atoms with Gasteiger partial charge in [-0.3, -0.25) is 0 Å². The van der Waals surface area contributed by atoms with Crippen LogP contribution in [0, 0.1) is 5.92 Å². The summed E-state index contributed by atoms with van der Waals surface area (Å²) in [4.78, 5) is 14.9. The predicted octanol–water partition coefficient (Wildman–Crippen LogP) is 0.626. The van der Waals surface area contributed by atoms with Gasteiger partial charge in [0.1, 0.15) is 11.4 Å². The van der Waals surface area contributed by atoms with Crippen molar-refractivity contribution in [1.29, 1.82) is 0 Å². The van der Waals surface area contributed by atoms with E-state index < -0.39 is 15.8 Å².